The summed E-state index contributed by atoms with van der Waals surface area (Å²) < 4.78 is 0. The predicted octanol–water partition coefficient (Wildman–Crippen LogP) is 2.62. The highest BCUT2D eigenvalue weighted by Gasteiger charge is 2.23. The van der Waals surface area contributed by atoms with E-state index in [4.69, 9.17) is 5.73 Å². The minimum absolute atomic E-state index is 0.0414. The molecule has 2 N–H and O–H groups in total. The molecule has 0 bridgehead atoms. The Hall–Kier alpha value is -2.20. The van der Waals surface area contributed by atoms with Crippen LogP contribution < -0.4 is 5.73 Å². The summed E-state index contributed by atoms with van der Waals surface area (Å²) in [6.45, 7) is 3.31. The number of likely N-dealkylation sites (tertiary alicyclic amines) is 1. The third-order valence-electron chi connectivity index (χ3n) is 4.13. The van der Waals surface area contributed by atoms with Gasteiger partial charge in [0, 0.05) is 24.7 Å². The molecule has 1 amide bonds. The number of rotatable bonds is 2. The topological polar surface area (TPSA) is 59.2 Å². The number of aryl methyl sites for hydroxylation is 1. The summed E-state index contributed by atoms with van der Waals surface area (Å²) in [6, 6.07) is 13.9. The molecule has 0 spiro atoms. The van der Waals surface area contributed by atoms with Crippen LogP contribution in [-0.4, -0.2) is 34.9 Å². The Morgan fingerprint density at radius 3 is 2.68 bits per heavy atom. The predicted molar refractivity (Wildman–Crippen MR) is 87.5 cm³/mol. The molecule has 2 heterocycles. The van der Waals surface area contributed by atoms with Crippen molar-refractivity contribution < 1.29 is 4.79 Å². The third-order valence-corrected chi connectivity index (χ3v) is 4.13. The lowest BCUT2D eigenvalue weighted by Gasteiger charge is -2.31. The van der Waals surface area contributed by atoms with E-state index in [2.05, 4.69) is 4.98 Å². The van der Waals surface area contributed by atoms with E-state index < -0.39 is 0 Å². The van der Waals surface area contributed by atoms with Gasteiger partial charge in [0.05, 0.1) is 17.0 Å². The van der Waals surface area contributed by atoms with E-state index in [-0.39, 0.29) is 11.9 Å². The molecule has 4 heteroatoms. The highest BCUT2D eigenvalue weighted by molar-refractivity contribution is 5.95. The minimum atomic E-state index is 0.0414. The van der Waals surface area contributed by atoms with Crippen LogP contribution in [-0.2, 0) is 0 Å². The van der Waals surface area contributed by atoms with Crippen LogP contribution in [0.25, 0.3) is 11.3 Å². The summed E-state index contributed by atoms with van der Waals surface area (Å²) in [5.74, 6) is 0.0414. The maximum absolute atomic E-state index is 12.6. The molecule has 4 nitrogen and oxygen atoms in total. The molecule has 2 aromatic rings. The van der Waals surface area contributed by atoms with Crippen molar-refractivity contribution in [3.63, 3.8) is 0 Å². The van der Waals surface area contributed by atoms with Crippen LogP contribution in [0, 0.1) is 6.92 Å². The fourth-order valence-corrected chi connectivity index (χ4v) is 2.92. The fourth-order valence-electron chi connectivity index (χ4n) is 2.92. The van der Waals surface area contributed by atoms with Gasteiger partial charge in [-0.3, -0.25) is 9.78 Å². The Morgan fingerprint density at radius 2 is 2.00 bits per heavy atom. The van der Waals surface area contributed by atoms with E-state index in [1.165, 1.54) is 0 Å². The normalized spacial score (nSPS) is 18.3. The SMILES string of the molecule is Cc1nc(-c2ccccc2)ccc1C(=O)N1CCCC(N)C1. The van der Waals surface area contributed by atoms with Crippen molar-refractivity contribution in [2.24, 2.45) is 5.73 Å². The Kier molecular flexibility index (Phi) is 4.20. The summed E-state index contributed by atoms with van der Waals surface area (Å²) in [4.78, 5) is 19.1. The van der Waals surface area contributed by atoms with Gasteiger partial charge in [-0.2, -0.15) is 0 Å². The van der Waals surface area contributed by atoms with E-state index in [1.807, 2.05) is 54.3 Å². The first kappa shape index (κ1) is 14.7. The molecular formula is C18H21N3O. The molecule has 1 aromatic heterocycles. The van der Waals surface area contributed by atoms with Gasteiger partial charge in [-0.1, -0.05) is 30.3 Å². The average molecular weight is 295 g/mol. The standard InChI is InChI=1S/C18H21N3O/c1-13-16(18(22)21-11-5-8-15(19)12-21)9-10-17(20-13)14-6-3-2-4-7-14/h2-4,6-7,9-10,15H,5,8,11-12,19H2,1H3. The highest BCUT2D eigenvalue weighted by atomic mass is 16.2. The molecule has 1 fully saturated rings. The zero-order chi connectivity index (χ0) is 15.5. The molecule has 22 heavy (non-hydrogen) atoms. The number of nitrogens with zero attached hydrogens (tertiary/aromatic N) is 2. The average Bonchev–Trinajstić information content (AvgIpc) is 2.55. The minimum Gasteiger partial charge on any atom is -0.337 e. The lowest BCUT2D eigenvalue weighted by atomic mass is 10.0. The van der Waals surface area contributed by atoms with Gasteiger partial charge < -0.3 is 10.6 Å². The van der Waals surface area contributed by atoms with Gasteiger partial charge in [0.2, 0.25) is 0 Å². The van der Waals surface area contributed by atoms with E-state index in [0.29, 0.717) is 12.1 Å². The molecule has 0 aliphatic carbocycles. The van der Waals surface area contributed by atoms with Crippen molar-refractivity contribution in [1.82, 2.24) is 9.88 Å². The van der Waals surface area contributed by atoms with Crippen LogP contribution in [0.4, 0.5) is 0 Å². The summed E-state index contributed by atoms with van der Waals surface area (Å²) in [7, 11) is 0. The lowest BCUT2D eigenvalue weighted by molar-refractivity contribution is 0.0707. The van der Waals surface area contributed by atoms with Crippen LogP contribution in [0.15, 0.2) is 42.5 Å². The molecule has 1 aliphatic rings. The number of carbonyl (C=O) groups is 1. The van der Waals surface area contributed by atoms with Gasteiger partial charge in [0.1, 0.15) is 0 Å². The zero-order valence-corrected chi connectivity index (χ0v) is 12.8. The quantitative estimate of drug-likeness (QED) is 0.926. The number of nitrogens with two attached hydrogens (primary N) is 1. The number of hydrogen-bond donors (Lipinski definition) is 1. The van der Waals surface area contributed by atoms with Crippen molar-refractivity contribution in [3.8, 4) is 11.3 Å². The van der Waals surface area contributed by atoms with Crippen LogP contribution in [0.5, 0.6) is 0 Å². The van der Waals surface area contributed by atoms with Gasteiger partial charge in [0.15, 0.2) is 0 Å². The van der Waals surface area contributed by atoms with E-state index in [1.54, 1.807) is 0 Å². The van der Waals surface area contributed by atoms with E-state index in [9.17, 15) is 4.79 Å². The zero-order valence-electron chi connectivity index (χ0n) is 12.8. The summed E-state index contributed by atoms with van der Waals surface area (Å²) in [5.41, 5.74) is 9.37. The maximum atomic E-state index is 12.6. The van der Waals surface area contributed by atoms with Gasteiger partial charge in [-0.25, -0.2) is 0 Å². The first-order valence-electron chi connectivity index (χ1n) is 7.73. The lowest BCUT2D eigenvalue weighted by Crippen LogP contribution is -2.45. The van der Waals surface area contributed by atoms with Crippen molar-refractivity contribution in [3.05, 3.63) is 53.7 Å². The monoisotopic (exact) mass is 295 g/mol. The van der Waals surface area contributed by atoms with Crippen LogP contribution >= 0.6 is 0 Å². The number of benzene rings is 1. The molecule has 1 aromatic carbocycles. The molecule has 114 valence electrons. The fraction of sp³-hybridized carbons (Fsp3) is 0.333. The molecule has 1 aliphatic heterocycles. The van der Waals surface area contributed by atoms with Crippen molar-refractivity contribution in [2.75, 3.05) is 13.1 Å². The number of piperidine rings is 1. The van der Waals surface area contributed by atoms with Gasteiger partial charge in [-0.15, -0.1) is 0 Å². The van der Waals surface area contributed by atoms with Crippen LogP contribution in [0.1, 0.15) is 28.9 Å². The first-order valence-corrected chi connectivity index (χ1v) is 7.73. The number of pyridine rings is 1. The Bertz CT molecular complexity index is 669. The number of amides is 1. The molecule has 1 saturated heterocycles. The molecule has 1 atom stereocenters. The third kappa shape index (κ3) is 3.02. The van der Waals surface area contributed by atoms with Gasteiger partial charge in [-0.05, 0) is 31.9 Å². The van der Waals surface area contributed by atoms with Crippen LogP contribution in [0.2, 0.25) is 0 Å². The smallest absolute Gasteiger partial charge is 0.255 e. The molecule has 0 saturated carbocycles. The number of carbonyl (C=O) groups excluding carboxylic acids is 1. The molecule has 1 unspecified atom stereocenters. The molecule has 0 radical (unpaired) electrons. The molecule has 3 rings (SSSR count). The Balaban J connectivity index is 1.84. The van der Waals surface area contributed by atoms with Gasteiger partial charge >= 0.3 is 0 Å². The van der Waals surface area contributed by atoms with Gasteiger partial charge in [0.25, 0.3) is 5.91 Å². The summed E-state index contributed by atoms with van der Waals surface area (Å²) in [5, 5.41) is 0. The number of hydrogen-bond acceptors (Lipinski definition) is 3. The molecular weight excluding hydrogens is 274 g/mol. The van der Waals surface area contributed by atoms with Crippen molar-refractivity contribution >= 4 is 5.91 Å². The number of aromatic nitrogens is 1. The maximum Gasteiger partial charge on any atom is 0.255 e. The summed E-state index contributed by atoms with van der Waals surface area (Å²) >= 11 is 0. The second kappa shape index (κ2) is 6.28. The Morgan fingerprint density at radius 1 is 1.23 bits per heavy atom. The van der Waals surface area contributed by atoms with E-state index >= 15 is 0 Å². The highest BCUT2D eigenvalue weighted by Crippen LogP contribution is 2.20. The second-order valence-corrected chi connectivity index (χ2v) is 5.85. The first-order chi connectivity index (χ1) is 10.6. The largest absolute Gasteiger partial charge is 0.337 e. The second-order valence-electron chi connectivity index (χ2n) is 5.85. The van der Waals surface area contributed by atoms with Crippen LogP contribution in [0.3, 0.4) is 0 Å². The van der Waals surface area contributed by atoms with Crippen molar-refractivity contribution in [2.45, 2.75) is 25.8 Å². The van der Waals surface area contributed by atoms with Crippen molar-refractivity contribution in [1.29, 1.82) is 0 Å². The Labute approximate surface area is 131 Å². The summed E-state index contributed by atoms with van der Waals surface area (Å²) in [6.07, 6.45) is 1.97. The van der Waals surface area contributed by atoms with E-state index in [0.717, 1.165) is 36.3 Å².